The van der Waals surface area contributed by atoms with Gasteiger partial charge in [0.15, 0.2) is 11.5 Å². The Kier molecular flexibility index (Phi) is 6.38. The van der Waals surface area contributed by atoms with E-state index in [-0.39, 0.29) is 42.0 Å². The summed E-state index contributed by atoms with van der Waals surface area (Å²) in [5.41, 5.74) is 6.30. The van der Waals surface area contributed by atoms with Crippen LogP contribution in [0.5, 0.6) is 0 Å². The van der Waals surface area contributed by atoms with Crippen molar-refractivity contribution in [3.8, 4) is 11.1 Å². The molecule has 37 heavy (non-hydrogen) atoms. The minimum atomic E-state index is -1.43. The second-order valence-corrected chi connectivity index (χ2v) is 9.04. The maximum Gasteiger partial charge on any atom is 0.254 e. The number of imidazole rings is 1. The molecule has 12 heteroatoms. The number of aromatic nitrogens is 3. The molecule has 1 saturated heterocycles. The zero-order chi connectivity index (χ0) is 26.3. The van der Waals surface area contributed by atoms with Gasteiger partial charge in [-0.2, -0.15) is 0 Å². The summed E-state index contributed by atoms with van der Waals surface area (Å²) in [5.74, 6) is -2.70. The molecule has 0 unspecified atom stereocenters. The van der Waals surface area contributed by atoms with E-state index < -0.39 is 35.8 Å². The van der Waals surface area contributed by atoms with Crippen LogP contribution in [0.2, 0.25) is 5.02 Å². The molecule has 2 atom stereocenters. The fraction of sp³-hybridized carbons (Fsp3) is 0.200. The Balaban J connectivity index is 1.37. The minimum Gasteiger partial charge on any atom is -0.365 e. The van der Waals surface area contributed by atoms with Crippen LogP contribution in [0, 0.1) is 5.82 Å². The lowest BCUT2D eigenvalue weighted by Crippen LogP contribution is -2.44. The average molecular weight is 527 g/mol. The summed E-state index contributed by atoms with van der Waals surface area (Å²) < 4.78 is 32.6. The fourth-order valence-corrected chi connectivity index (χ4v) is 4.77. The third kappa shape index (κ3) is 4.53. The van der Waals surface area contributed by atoms with Gasteiger partial charge >= 0.3 is 0 Å². The summed E-state index contributed by atoms with van der Waals surface area (Å²) in [4.78, 5) is 43.1. The van der Waals surface area contributed by atoms with Gasteiger partial charge in [-0.05, 0) is 12.1 Å². The van der Waals surface area contributed by atoms with Crippen LogP contribution in [0.3, 0.4) is 0 Å². The highest BCUT2D eigenvalue weighted by molar-refractivity contribution is 6.33. The lowest BCUT2D eigenvalue weighted by atomic mass is 10.0. The average Bonchev–Trinajstić information content (AvgIpc) is 3.57. The van der Waals surface area contributed by atoms with Crippen LogP contribution in [0.4, 0.5) is 14.5 Å². The van der Waals surface area contributed by atoms with Crippen LogP contribution in [0.1, 0.15) is 16.8 Å². The Morgan fingerprint density at radius 3 is 2.65 bits per heavy atom. The maximum atomic E-state index is 15.3. The van der Waals surface area contributed by atoms with Crippen LogP contribution in [0.25, 0.3) is 16.8 Å². The first-order chi connectivity index (χ1) is 17.7. The summed E-state index contributed by atoms with van der Waals surface area (Å²) in [6.45, 7) is -0.594. The van der Waals surface area contributed by atoms with Crippen molar-refractivity contribution in [1.29, 1.82) is 0 Å². The van der Waals surface area contributed by atoms with E-state index in [9.17, 15) is 18.8 Å². The van der Waals surface area contributed by atoms with E-state index >= 15 is 4.39 Å². The first-order valence-electron chi connectivity index (χ1n) is 11.3. The maximum absolute atomic E-state index is 15.3. The molecule has 1 fully saturated rings. The van der Waals surface area contributed by atoms with Gasteiger partial charge in [0.25, 0.3) is 5.91 Å². The number of alkyl halides is 1. The number of nitrogens with two attached hydrogens (primary N) is 1. The van der Waals surface area contributed by atoms with Gasteiger partial charge in [-0.3, -0.25) is 19.1 Å². The minimum absolute atomic E-state index is 0.116. The molecule has 1 aliphatic heterocycles. The number of rotatable bonds is 6. The molecule has 1 aliphatic rings. The van der Waals surface area contributed by atoms with E-state index in [1.54, 1.807) is 30.3 Å². The molecule has 0 saturated carbocycles. The highest BCUT2D eigenvalue weighted by Crippen LogP contribution is 2.33. The van der Waals surface area contributed by atoms with Crippen molar-refractivity contribution >= 4 is 40.7 Å². The number of primary amides is 1. The summed E-state index contributed by atoms with van der Waals surface area (Å²) in [5, 5.41) is 2.84. The predicted molar refractivity (Wildman–Crippen MR) is 132 cm³/mol. The van der Waals surface area contributed by atoms with Gasteiger partial charge in [0.2, 0.25) is 11.8 Å². The van der Waals surface area contributed by atoms with Crippen LogP contribution >= 0.6 is 11.6 Å². The molecule has 4 aromatic rings. The molecular weight excluding hydrogens is 506 g/mol. The Labute approximate surface area is 214 Å². The number of anilines is 1. The van der Waals surface area contributed by atoms with Gasteiger partial charge in [0.05, 0.1) is 12.2 Å². The van der Waals surface area contributed by atoms with Gasteiger partial charge in [-0.25, -0.2) is 18.3 Å². The lowest BCUT2D eigenvalue weighted by Gasteiger charge is -2.24. The Morgan fingerprint density at radius 2 is 1.89 bits per heavy atom. The van der Waals surface area contributed by atoms with Crippen molar-refractivity contribution in [3.63, 3.8) is 0 Å². The summed E-state index contributed by atoms with van der Waals surface area (Å²) >= 11 is 6.20. The molecule has 5 rings (SSSR count). The molecule has 190 valence electrons. The lowest BCUT2D eigenvalue weighted by molar-refractivity contribution is -0.137. The number of halogens is 3. The zero-order valence-electron chi connectivity index (χ0n) is 19.3. The zero-order valence-corrected chi connectivity index (χ0v) is 20.0. The largest absolute Gasteiger partial charge is 0.365 e. The molecule has 3 amide bonds. The SMILES string of the molecule is NC(=O)c1cn(CC(=O)N2C[C@H](F)C[C@H]2C(=O)Nc2cccc(-c3ccccc3Cl)c2F)n2ccnc12. The van der Waals surface area contributed by atoms with Crippen molar-refractivity contribution in [1.82, 2.24) is 19.1 Å². The number of nitrogens with zero attached hydrogens (tertiary/aromatic N) is 4. The predicted octanol–water partition coefficient (Wildman–Crippen LogP) is 3.27. The number of carbonyl (C=O) groups excluding carboxylic acids is 3. The summed E-state index contributed by atoms with van der Waals surface area (Å²) in [7, 11) is 0. The second kappa shape index (κ2) is 9.66. The van der Waals surface area contributed by atoms with Crippen molar-refractivity contribution < 1.29 is 23.2 Å². The number of benzene rings is 2. The first kappa shape index (κ1) is 24.4. The molecule has 3 heterocycles. The standard InChI is InChI=1S/C25H21ClF2N6O3/c26-18-6-2-1-4-15(18)16-5-3-7-19(22(16)28)31-25(37)20-10-14(27)11-33(20)21(35)13-32-12-17(23(29)36)24-30-8-9-34(24)32/h1-9,12,14,20H,10-11,13H2,(H2,29,36)(H,31,37)/t14-,20+/m1/s1. The monoisotopic (exact) mass is 526 g/mol. The van der Waals surface area contributed by atoms with E-state index in [1.165, 1.54) is 39.9 Å². The van der Waals surface area contributed by atoms with E-state index in [0.717, 1.165) is 4.90 Å². The van der Waals surface area contributed by atoms with E-state index in [1.807, 2.05) is 0 Å². The van der Waals surface area contributed by atoms with Crippen LogP contribution < -0.4 is 11.1 Å². The van der Waals surface area contributed by atoms with E-state index in [4.69, 9.17) is 17.3 Å². The van der Waals surface area contributed by atoms with Gasteiger partial charge in [0.1, 0.15) is 24.3 Å². The molecule has 0 bridgehead atoms. The van der Waals surface area contributed by atoms with Crippen molar-refractivity contribution in [3.05, 3.63) is 77.5 Å². The van der Waals surface area contributed by atoms with E-state index in [2.05, 4.69) is 10.3 Å². The summed E-state index contributed by atoms with van der Waals surface area (Å²) in [6, 6.07) is 10.0. The van der Waals surface area contributed by atoms with Crippen molar-refractivity contribution in [2.45, 2.75) is 25.2 Å². The first-order valence-corrected chi connectivity index (χ1v) is 11.7. The van der Waals surface area contributed by atoms with Crippen LogP contribution in [0.15, 0.2) is 61.1 Å². The number of carbonyl (C=O) groups is 3. The highest BCUT2D eigenvalue weighted by atomic mass is 35.5. The number of amides is 3. The quantitative estimate of drug-likeness (QED) is 0.401. The van der Waals surface area contributed by atoms with Gasteiger partial charge in [-0.1, -0.05) is 41.9 Å². The van der Waals surface area contributed by atoms with Gasteiger partial charge < -0.3 is 16.0 Å². The van der Waals surface area contributed by atoms with Crippen molar-refractivity contribution in [2.24, 2.45) is 5.73 Å². The van der Waals surface area contributed by atoms with E-state index in [0.29, 0.717) is 10.6 Å². The number of hydrogen-bond donors (Lipinski definition) is 2. The van der Waals surface area contributed by atoms with Gasteiger partial charge in [0, 0.05) is 41.2 Å². The van der Waals surface area contributed by atoms with Gasteiger partial charge in [-0.15, -0.1) is 0 Å². The molecule has 0 spiro atoms. The molecule has 2 aromatic carbocycles. The number of likely N-dealkylation sites (tertiary alicyclic amines) is 1. The Morgan fingerprint density at radius 1 is 1.14 bits per heavy atom. The molecule has 3 N–H and O–H groups in total. The molecule has 2 aromatic heterocycles. The van der Waals surface area contributed by atoms with Crippen LogP contribution in [-0.2, 0) is 16.1 Å². The normalized spacial score (nSPS) is 17.3. The molecule has 9 nitrogen and oxygen atoms in total. The Hall–Kier alpha value is -4.25. The topological polar surface area (TPSA) is 115 Å². The number of nitrogens with one attached hydrogen (secondary N) is 1. The number of fused-ring (bicyclic) bond motifs is 1. The molecule has 0 aliphatic carbocycles. The van der Waals surface area contributed by atoms with Crippen LogP contribution in [-0.4, -0.2) is 55.6 Å². The summed E-state index contributed by atoms with van der Waals surface area (Å²) in [6.07, 6.45) is 2.68. The third-order valence-electron chi connectivity index (χ3n) is 6.27. The second-order valence-electron chi connectivity index (χ2n) is 8.63. The molecular formula is C25H21ClF2N6O3. The highest BCUT2D eigenvalue weighted by Gasteiger charge is 2.40. The van der Waals surface area contributed by atoms with Crippen molar-refractivity contribution in [2.75, 3.05) is 11.9 Å². The fourth-order valence-electron chi connectivity index (χ4n) is 4.53. The molecule has 0 radical (unpaired) electrons. The Bertz CT molecular complexity index is 1530. The number of hydrogen-bond acceptors (Lipinski definition) is 4. The third-order valence-corrected chi connectivity index (χ3v) is 6.60. The smallest absolute Gasteiger partial charge is 0.254 e.